The molecule has 110 valence electrons. The fraction of sp³-hybridized carbons (Fsp3) is 0.294. The van der Waals surface area contributed by atoms with Crippen LogP contribution in [0.3, 0.4) is 0 Å². The van der Waals surface area contributed by atoms with Gasteiger partial charge in [-0.3, -0.25) is 9.78 Å². The Morgan fingerprint density at radius 1 is 1.24 bits per heavy atom. The van der Waals surface area contributed by atoms with E-state index in [0.717, 1.165) is 17.5 Å². The molecule has 1 aromatic heterocycles. The number of hydrogen-bond donors (Lipinski definition) is 0. The van der Waals surface area contributed by atoms with E-state index in [1.54, 1.807) is 12.4 Å². The molecule has 0 aliphatic carbocycles. The summed E-state index contributed by atoms with van der Waals surface area (Å²) in [6, 6.07) is 11.5. The first-order valence-corrected chi connectivity index (χ1v) is 7.48. The molecular weight excluding hydrogens is 284 g/mol. The van der Waals surface area contributed by atoms with Gasteiger partial charge in [0, 0.05) is 36.9 Å². The van der Waals surface area contributed by atoms with E-state index in [9.17, 15) is 4.79 Å². The zero-order valence-electron chi connectivity index (χ0n) is 12.1. The minimum Gasteiger partial charge on any atom is -0.339 e. The third-order valence-corrected chi connectivity index (χ3v) is 3.58. The summed E-state index contributed by atoms with van der Waals surface area (Å²) in [6.07, 6.45) is 4.77. The SMILES string of the molecule is CCN(Cc1cccc(Cl)c1)C(=O)CCc1cccnc1. The number of carbonyl (C=O) groups excluding carboxylic acids is 1. The van der Waals surface area contributed by atoms with E-state index >= 15 is 0 Å². The van der Waals surface area contributed by atoms with Crippen molar-refractivity contribution in [2.24, 2.45) is 0 Å². The zero-order chi connectivity index (χ0) is 15.1. The first-order chi connectivity index (χ1) is 10.2. The fourth-order valence-electron chi connectivity index (χ4n) is 2.19. The van der Waals surface area contributed by atoms with Crippen molar-refractivity contribution in [3.05, 3.63) is 64.9 Å². The maximum absolute atomic E-state index is 12.3. The highest BCUT2D eigenvalue weighted by Gasteiger charge is 2.12. The van der Waals surface area contributed by atoms with Crippen LogP contribution in [-0.2, 0) is 17.8 Å². The highest BCUT2D eigenvalue weighted by molar-refractivity contribution is 6.30. The van der Waals surface area contributed by atoms with Gasteiger partial charge in [0.2, 0.25) is 5.91 Å². The molecule has 0 atom stereocenters. The highest BCUT2D eigenvalue weighted by Crippen LogP contribution is 2.13. The van der Waals surface area contributed by atoms with Gasteiger partial charge in [0.25, 0.3) is 0 Å². The van der Waals surface area contributed by atoms with Gasteiger partial charge in [-0.25, -0.2) is 0 Å². The zero-order valence-corrected chi connectivity index (χ0v) is 12.9. The van der Waals surface area contributed by atoms with Gasteiger partial charge in [0.15, 0.2) is 0 Å². The van der Waals surface area contributed by atoms with Gasteiger partial charge in [0.05, 0.1) is 0 Å². The number of halogens is 1. The van der Waals surface area contributed by atoms with Crippen molar-refractivity contribution >= 4 is 17.5 Å². The number of aromatic nitrogens is 1. The number of amides is 1. The molecule has 0 saturated carbocycles. The van der Waals surface area contributed by atoms with Crippen molar-refractivity contribution in [3.63, 3.8) is 0 Å². The minimum atomic E-state index is 0.154. The van der Waals surface area contributed by atoms with E-state index in [2.05, 4.69) is 4.98 Å². The van der Waals surface area contributed by atoms with Crippen LogP contribution in [0.2, 0.25) is 5.02 Å². The Morgan fingerprint density at radius 3 is 2.71 bits per heavy atom. The molecule has 0 bridgehead atoms. The van der Waals surface area contributed by atoms with Crippen molar-refractivity contribution in [2.75, 3.05) is 6.54 Å². The van der Waals surface area contributed by atoms with Crippen molar-refractivity contribution in [1.82, 2.24) is 9.88 Å². The molecule has 0 aliphatic heterocycles. The van der Waals surface area contributed by atoms with Gasteiger partial charge in [0.1, 0.15) is 0 Å². The van der Waals surface area contributed by atoms with Gasteiger partial charge >= 0.3 is 0 Å². The lowest BCUT2D eigenvalue weighted by atomic mass is 10.1. The third-order valence-electron chi connectivity index (χ3n) is 3.35. The lowest BCUT2D eigenvalue weighted by Gasteiger charge is -2.21. The molecular formula is C17H19ClN2O. The van der Waals surface area contributed by atoms with Crippen LogP contribution in [0.1, 0.15) is 24.5 Å². The van der Waals surface area contributed by atoms with Gasteiger partial charge in [-0.2, -0.15) is 0 Å². The molecule has 0 N–H and O–H groups in total. The third kappa shape index (κ3) is 4.87. The van der Waals surface area contributed by atoms with Gasteiger partial charge < -0.3 is 4.90 Å². The van der Waals surface area contributed by atoms with Crippen LogP contribution in [0.15, 0.2) is 48.8 Å². The van der Waals surface area contributed by atoms with E-state index in [1.165, 1.54) is 0 Å². The van der Waals surface area contributed by atoms with Crippen LogP contribution in [0.5, 0.6) is 0 Å². The molecule has 1 heterocycles. The maximum Gasteiger partial charge on any atom is 0.223 e. The summed E-state index contributed by atoms with van der Waals surface area (Å²) in [5.74, 6) is 0.154. The molecule has 0 saturated heterocycles. The van der Waals surface area contributed by atoms with Crippen LogP contribution in [0.4, 0.5) is 0 Å². The number of benzene rings is 1. The summed E-state index contributed by atoms with van der Waals surface area (Å²) in [6.45, 7) is 3.29. The normalized spacial score (nSPS) is 10.4. The molecule has 21 heavy (non-hydrogen) atoms. The average molecular weight is 303 g/mol. The van der Waals surface area contributed by atoms with E-state index in [1.807, 2.05) is 48.2 Å². The van der Waals surface area contributed by atoms with Crippen LogP contribution in [-0.4, -0.2) is 22.3 Å². The topological polar surface area (TPSA) is 33.2 Å². The quantitative estimate of drug-likeness (QED) is 0.815. The van der Waals surface area contributed by atoms with E-state index in [4.69, 9.17) is 11.6 Å². The summed E-state index contributed by atoms with van der Waals surface area (Å²) in [5.41, 5.74) is 2.14. The molecule has 0 radical (unpaired) electrons. The minimum absolute atomic E-state index is 0.154. The average Bonchev–Trinajstić information content (AvgIpc) is 2.51. The summed E-state index contributed by atoms with van der Waals surface area (Å²) < 4.78 is 0. The van der Waals surface area contributed by atoms with E-state index in [-0.39, 0.29) is 5.91 Å². The van der Waals surface area contributed by atoms with Gasteiger partial charge in [-0.15, -0.1) is 0 Å². The second kappa shape index (κ2) is 7.79. The highest BCUT2D eigenvalue weighted by atomic mass is 35.5. The van der Waals surface area contributed by atoms with Crippen molar-refractivity contribution in [3.8, 4) is 0 Å². The summed E-state index contributed by atoms with van der Waals surface area (Å²) >= 11 is 5.98. The number of rotatable bonds is 6. The van der Waals surface area contributed by atoms with Crippen molar-refractivity contribution in [2.45, 2.75) is 26.3 Å². The first kappa shape index (κ1) is 15.5. The second-order valence-corrected chi connectivity index (χ2v) is 5.34. The number of hydrogen-bond acceptors (Lipinski definition) is 2. The summed E-state index contributed by atoms with van der Waals surface area (Å²) in [5, 5.41) is 0.700. The number of aryl methyl sites for hydroxylation is 1. The van der Waals surface area contributed by atoms with Gasteiger partial charge in [-0.1, -0.05) is 29.8 Å². The Morgan fingerprint density at radius 2 is 2.05 bits per heavy atom. The second-order valence-electron chi connectivity index (χ2n) is 4.90. The molecule has 1 amide bonds. The van der Waals surface area contributed by atoms with Crippen molar-refractivity contribution < 1.29 is 4.79 Å². The van der Waals surface area contributed by atoms with E-state index in [0.29, 0.717) is 24.5 Å². The van der Waals surface area contributed by atoms with Crippen LogP contribution < -0.4 is 0 Å². The number of pyridine rings is 1. The lowest BCUT2D eigenvalue weighted by molar-refractivity contribution is -0.131. The van der Waals surface area contributed by atoms with Crippen LogP contribution >= 0.6 is 11.6 Å². The first-order valence-electron chi connectivity index (χ1n) is 7.10. The Balaban J connectivity index is 1.92. The Hall–Kier alpha value is -1.87. The fourth-order valence-corrected chi connectivity index (χ4v) is 2.40. The summed E-state index contributed by atoms with van der Waals surface area (Å²) in [7, 11) is 0. The smallest absolute Gasteiger partial charge is 0.223 e. The maximum atomic E-state index is 12.3. The molecule has 0 unspecified atom stereocenters. The molecule has 2 rings (SSSR count). The number of carbonyl (C=O) groups is 1. The molecule has 0 spiro atoms. The Labute approximate surface area is 130 Å². The molecule has 1 aromatic carbocycles. The Kier molecular flexibility index (Phi) is 5.76. The van der Waals surface area contributed by atoms with Crippen LogP contribution in [0.25, 0.3) is 0 Å². The van der Waals surface area contributed by atoms with E-state index < -0.39 is 0 Å². The lowest BCUT2D eigenvalue weighted by Crippen LogP contribution is -2.30. The Bertz CT molecular complexity index is 586. The monoisotopic (exact) mass is 302 g/mol. The number of nitrogens with zero attached hydrogens (tertiary/aromatic N) is 2. The van der Waals surface area contributed by atoms with Gasteiger partial charge in [-0.05, 0) is 42.7 Å². The molecule has 3 nitrogen and oxygen atoms in total. The molecule has 2 aromatic rings. The largest absolute Gasteiger partial charge is 0.339 e. The predicted octanol–water partition coefficient (Wildman–Crippen LogP) is 3.72. The summed E-state index contributed by atoms with van der Waals surface area (Å²) in [4.78, 5) is 18.2. The van der Waals surface area contributed by atoms with Crippen molar-refractivity contribution in [1.29, 1.82) is 0 Å². The van der Waals surface area contributed by atoms with Crippen LogP contribution in [0, 0.1) is 0 Å². The molecule has 0 fully saturated rings. The molecule has 4 heteroatoms. The predicted molar refractivity (Wildman–Crippen MR) is 85.1 cm³/mol. The standard InChI is InChI=1S/C17H19ClN2O/c1-2-20(13-15-5-3-7-16(18)11-15)17(21)9-8-14-6-4-10-19-12-14/h3-7,10-12H,2,8-9,13H2,1H3. The molecule has 0 aliphatic rings.